The van der Waals surface area contributed by atoms with Gasteiger partial charge in [-0.25, -0.2) is 9.97 Å². The second-order valence-electron chi connectivity index (χ2n) is 7.91. The van der Waals surface area contributed by atoms with Gasteiger partial charge < -0.3 is 14.6 Å². The summed E-state index contributed by atoms with van der Waals surface area (Å²) in [6, 6.07) is 7.77. The van der Waals surface area contributed by atoms with Gasteiger partial charge in [-0.2, -0.15) is 5.26 Å². The summed E-state index contributed by atoms with van der Waals surface area (Å²) in [5, 5.41) is 13.0. The van der Waals surface area contributed by atoms with Crippen LogP contribution < -0.4 is 5.32 Å². The molecule has 2 atom stereocenters. The normalized spacial score (nSPS) is 18.5. The van der Waals surface area contributed by atoms with E-state index in [9.17, 15) is 10.1 Å². The Morgan fingerprint density at radius 3 is 2.97 bits per heavy atom. The van der Waals surface area contributed by atoms with Crippen LogP contribution in [0.5, 0.6) is 0 Å². The quantitative estimate of drug-likeness (QED) is 0.531. The second-order valence-corrected chi connectivity index (χ2v) is 7.91. The largest absolute Gasteiger partial charge is 0.378 e. The predicted molar refractivity (Wildman–Crippen MR) is 118 cm³/mol. The number of aromatic nitrogens is 5. The number of hydrogen-bond donors (Lipinski definition) is 1. The summed E-state index contributed by atoms with van der Waals surface area (Å²) >= 11 is 0. The molecular formula is C23H21N7O2. The minimum Gasteiger partial charge on any atom is -0.378 e. The summed E-state index contributed by atoms with van der Waals surface area (Å²) in [7, 11) is 0. The lowest BCUT2D eigenvalue weighted by Gasteiger charge is -2.30. The van der Waals surface area contributed by atoms with Gasteiger partial charge in [-0.05, 0) is 38.0 Å². The third-order valence-electron chi connectivity index (χ3n) is 5.69. The third-order valence-corrected chi connectivity index (χ3v) is 5.69. The van der Waals surface area contributed by atoms with Crippen LogP contribution in [0, 0.1) is 11.3 Å². The number of carbonyl (C=O) groups is 1. The highest BCUT2D eigenvalue weighted by molar-refractivity contribution is 6.03. The van der Waals surface area contributed by atoms with Crippen LogP contribution >= 0.6 is 0 Å². The van der Waals surface area contributed by atoms with E-state index in [-0.39, 0.29) is 24.5 Å². The van der Waals surface area contributed by atoms with Gasteiger partial charge >= 0.3 is 0 Å². The average Bonchev–Trinajstić information content (AvgIpc) is 3.17. The molecule has 1 fully saturated rings. The molecule has 3 aromatic heterocycles. The van der Waals surface area contributed by atoms with E-state index >= 15 is 0 Å². The highest BCUT2D eigenvalue weighted by Crippen LogP contribution is 2.34. The fraction of sp³-hybridized carbons (Fsp3) is 0.304. The van der Waals surface area contributed by atoms with E-state index in [1.165, 1.54) is 12.4 Å². The molecule has 160 valence electrons. The SMILES string of the molecule is C[C@@H]1C[C@H](n2c(CC(=O)Nc3cnccn3)nc3cnc4ccc(C#N)cc4c32)CCO1. The zero-order valence-corrected chi connectivity index (χ0v) is 17.5. The van der Waals surface area contributed by atoms with Crippen molar-refractivity contribution in [2.45, 2.75) is 38.3 Å². The van der Waals surface area contributed by atoms with Gasteiger partial charge in [0.1, 0.15) is 11.3 Å². The van der Waals surface area contributed by atoms with Crippen LogP contribution in [0.1, 0.15) is 37.2 Å². The summed E-state index contributed by atoms with van der Waals surface area (Å²) in [5.74, 6) is 0.819. The Balaban J connectivity index is 1.63. The Labute approximate surface area is 184 Å². The van der Waals surface area contributed by atoms with Gasteiger partial charge in [0.25, 0.3) is 0 Å². The molecule has 0 bridgehead atoms. The summed E-state index contributed by atoms with van der Waals surface area (Å²) in [6.45, 7) is 2.70. The number of fused-ring (bicyclic) bond motifs is 3. The number of ether oxygens (including phenoxy) is 1. The standard InChI is InChI=1S/C23H21N7O2/c1-14-8-16(4-7-32-14)30-21(10-22(31)29-20-13-25-5-6-26-20)28-19-12-27-18-3-2-15(11-24)9-17(18)23(19)30/h2-3,5-6,9,12-14,16H,4,7-8,10H2,1H3,(H,26,29,31)/t14-,16-/m1/s1. The molecule has 4 aromatic rings. The highest BCUT2D eigenvalue weighted by Gasteiger charge is 2.27. The molecule has 9 nitrogen and oxygen atoms in total. The zero-order valence-electron chi connectivity index (χ0n) is 17.5. The number of anilines is 1. The summed E-state index contributed by atoms with van der Waals surface area (Å²) in [6.07, 6.45) is 8.12. The molecule has 0 aliphatic carbocycles. The summed E-state index contributed by atoms with van der Waals surface area (Å²) in [5.41, 5.74) is 2.94. The maximum absolute atomic E-state index is 12.8. The Morgan fingerprint density at radius 2 is 2.19 bits per heavy atom. The van der Waals surface area contributed by atoms with Crippen LogP contribution in [-0.2, 0) is 16.0 Å². The van der Waals surface area contributed by atoms with E-state index in [1.807, 2.05) is 12.1 Å². The number of hydrogen-bond acceptors (Lipinski definition) is 7. The van der Waals surface area contributed by atoms with E-state index in [0.717, 1.165) is 29.3 Å². The lowest BCUT2D eigenvalue weighted by Crippen LogP contribution is -2.27. The number of benzene rings is 1. The maximum Gasteiger partial charge on any atom is 0.233 e. The first-order chi connectivity index (χ1) is 15.6. The third kappa shape index (κ3) is 3.76. The van der Waals surface area contributed by atoms with Gasteiger partial charge in [0.2, 0.25) is 5.91 Å². The number of carbonyl (C=O) groups excluding carboxylic acids is 1. The molecule has 32 heavy (non-hydrogen) atoms. The van der Waals surface area contributed by atoms with Gasteiger partial charge in [-0.3, -0.25) is 14.8 Å². The predicted octanol–water partition coefficient (Wildman–Crippen LogP) is 3.17. The van der Waals surface area contributed by atoms with Gasteiger partial charge in [-0.1, -0.05) is 0 Å². The first-order valence-electron chi connectivity index (χ1n) is 10.5. The molecule has 1 aliphatic heterocycles. The van der Waals surface area contributed by atoms with Crippen molar-refractivity contribution in [2.75, 3.05) is 11.9 Å². The smallest absolute Gasteiger partial charge is 0.233 e. The number of rotatable bonds is 4. The highest BCUT2D eigenvalue weighted by atomic mass is 16.5. The van der Waals surface area contributed by atoms with E-state index in [1.54, 1.807) is 18.5 Å². The molecule has 0 saturated carbocycles. The molecule has 1 aliphatic rings. The number of nitriles is 1. The molecule has 0 unspecified atom stereocenters. The summed E-state index contributed by atoms with van der Waals surface area (Å²) < 4.78 is 7.91. The van der Waals surface area contributed by atoms with Crippen molar-refractivity contribution in [1.82, 2.24) is 24.5 Å². The van der Waals surface area contributed by atoms with Crippen molar-refractivity contribution >= 4 is 33.7 Å². The minimum atomic E-state index is -0.225. The number of amides is 1. The minimum absolute atomic E-state index is 0.0798. The van der Waals surface area contributed by atoms with Crippen LogP contribution in [0.2, 0.25) is 0 Å². The van der Waals surface area contributed by atoms with Gasteiger partial charge in [0.05, 0.1) is 47.6 Å². The number of nitrogens with zero attached hydrogens (tertiary/aromatic N) is 6. The molecule has 1 N–H and O–H groups in total. The van der Waals surface area contributed by atoms with Crippen molar-refractivity contribution in [2.24, 2.45) is 0 Å². The van der Waals surface area contributed by atoms with E-state index in [0.29, 0.717) is 29.3 Å². The molecule has 0 radical (unpaired) electrons. The Morgan fingerprint density at radius 1 is 1.28 bits per heavy atom. The molecular weight excluding hydrogens is 406 g/mol. The molecule has 9 heteroatoms. The van der Waals surface area contributed by atoms with Gasteiger partial charge in [0, 0.05) is 30.4 Å². The van der Waals surface area contributed by atoms with E-state index < -0.39 is 0 Å². The fourth-order valence-corrected chi connectivity index (χ4v) is 4.32. The molecule has 1 aromatic carbocycles. The average molecular weight is 427 g/mol. The topological polar surface area (TPSA) is 119 Å². The van der Waals surface area contributed by atoms with Crippen molar-refractivity contribution in [3.05, 3.63) is 54.4 Å². The lowest BCUT2D eigenvalue weighted by molar-refractivity contribution is -0.115. The first kappa shape index (κ1) is 20.0. The van der Waals surface area contributed by atoms with Gasteiger partial charge in [0.15, 0.2) is 5.82 Å². The Kier molecular flexibility index (Phi) is 5.21. The summed E-state index contributed by atoms with van der Waals surface area (Å²) in [4.78, 5) is 30.2. The molecule has 0 spiro atoms. The monoisotopic (exact) mass is 427 g/mol. The van der Waals surface area contributed by atoms with Crippen molar-refractivity contribution in [3.8, 4) is 6.07 Å². The molecule has 4 heterocycles. The molecule has 1 saturated heterocycles. The van der Waals surface area contributed by atoms with Crippen LogP contribution in [0.4, 0.5) is 5.82 Å². The maximum atomic E-state index is 12.8. The first-order valence-corrected chi connectivity index (χ1v) is 10.5. The number of pyridine rings is 1. The van der Waals surface area contributed by atoms with Crippen LogP contribution in [-0.4, -0.2) is 43.1 Å². The van der Waals surface area contributed by atoms with E-state index in [4.69, 9.17) is 9.72 Å². The van der Waals surface area contributed by atoms with Gasteiger partial charge in [-0.15, -0.1) is 0 Å². The van der Waals surface area contributed by atoms with E-state index in [2.05, 4.69) is 37.8 Å². The van der Waals surface area contributed by atoms with Crippen molar-refractivity contribution in [1.29, 1.82) is 5.26 Å². The van der Waals surface area contributed by atoms with Crippen LogP contribution in [0.15, 0.2) is 43.0 Å². The second kappa shape index (κ2) is 8.32. The Hall–Kier alpha value is -3.90. The molecule has 5 rings (SSSR count). The van der Waals surface area contributed by atoms with Crippen LogP contribution in [0.3, 0.4) is 0 Å². The van der Waals surface area contributed by atoms with Crippen LogP contribution in [0.25, 0.3) is 21.9 Å². The lowest BCUT2D eigenvalue weighted by atomic mass is 10.0. The Bertz CT molecular complexity index is 1340. The number of imidazole rings is 1. The molecule has 1 amide bonds. The van der Waals surface area contributed by atoms with Crippen molar-refractivity contribution in [3.63, 3.8) is 0 Å². The van der Waals surface area contributed by atoms with Crippen molar-refractivity contribution < 1.29 is 9.53 Å². The fourth-order valence-electron chi connectivity index (χ4n) is 4.32. The number of nitrogens with one attached hydrogen (secondary N) is 1. The zero-order chi connectivity index (χ0) is 22.1.